The second kappa shape index (κ2) is 9.96. The van der Waals surface area contributed by atoms with Crippen molar-refractivity contribution in [1.29, 1.82) is 0 Å². The van der Waals surface area contributed by atoms with Gasteiger partial charge in [-0.05, 0) is 44.9 Å². The number of carbonyl (C=O) groups is 1. The van der Waals surface area contributed by atoms with Crippen molar-refractivity contribution >= 4 is 17.5 Å². The number of nitrogens with one attached hydrogen (secondary N) is 1. The number of benzene rings is 1. The van der Waals surface area contributed by atoms with Crippen LogP contribution >= 0.6 is 0 Å². The molecule has 4 rings (SSSR count). The van der Waals surface area contributed by atoms with Gasteiger partial charge < -0.3 is 20.7 Å². The molecule has 3 N–H and O–H groups in total. The number of likely N-dealkylation sites (N-methyl/N-ethyl adjacent to an activating group) is 1. The normalized spacial score (nSPS) is 22.2. The summed E-state index contributed by atoms with van der Waals surface area (Å²) in [4.78, 5) is 26.2. The standard InChI is InChI=1S/C23H30F2N6O2/c1-30-9-11-31(12-10-30)15-5-3-14(4-6-15)28-23-27-13-16(22(26)29-23)21(32)19-18(33-2)8-7-17(24)20(19)25/h7-8,13-15H,3-6,9-12H2,1-2H3,(H3,26,27,28,29). The first-order valence-corrected chi connectivity index (χ1v) is 11.3. The van der Waals surface area contributed by atoms with Crippen LogP contribution in [0.3, 0.4) is 0 Å². The monoisotopic (exact) mass is 460 g/mol. The molecule has 0 atom stereocenters. The predicted molar refractivity (Wildman–Crippen MR) is 122 cm³/mol. The van der Waals surface area contributed by atoms with Gasteiger partial charge in [0.25, 0.3) is 0 Å². The molecule has 1 saturated carbocycles. The Hall–Kier alpha value is -2.85. The van der Waals surface area contributed by atoms with Crippen LogP contribution in [0, 0.1) is 11.6 Å². The van der Waals surface area contributed by atoms with Crippen LogP contribution in [0.1, 0.15) is 41.6 Å². The Bertz CT molecular complexity index is 1000. The first kappa shape index (κ1) is 23.3. The van der Waals surface area contributed by atoms with Gasteiger partial charge in [0.2, 0.25) is 11.7 Å². The molecule has 0 bridgehead atoms. The highest BCUT2D eigenvalue weighted by molar-refractivity contribution is 6.13. The van der Waals surface area contributed by atoms with Crippen LogP contribution in [0.2, 0.25) is 0 Å². The molecular weight excluding hydrogens is 430 g/mol. The average Bonchev–Trinajstić information content (AvgIpc) is 2.81. The van der Waals surface area contributed by atoms with Crippen molar-refractivity contribution in [2.24, 2.45) is 0 Å². The van der Waals surface area contributed by atoms with E-state index in [9.17, 15) is 13.6 Å². The number of nitrogen functional groups attached to an aromatic ring is 1. The zero-order valence-corrected chi connectivity index (χ0v) is 19.0. The van der Waals surface area contributed by atoms with Crippen molar-refractivity contribution in [1.82, 2.24) is 19.8 Å². The fourth-order valence-electron chi connectivity index (χ4n) is 4.64. The third-order valence-electron chi connectivity index (χ3n) is 6.65. The van der Waals surface area contributed by atoms with E-state index in [-0.39, 0.29) is 23.2 Å². The zero-order chi connectivity index (χ0) is 23.5. The number of hydrogen-bond donors (Lipinski definition) is 2. The van der Waals surface area contributed by atoms with E-state index < -0.39 is 23.0 Å². The van der Waals surface area contributed by atoms with Crippen molar-refractivity contribution < 1.29 is 18.3 Å². The van der Waals surface area contributed by atoms with Crippen LogP contribution in [-0.2, 0) is 0 Å². The summed E-state index contributed by atoms with van der Waals surface area (Å²) in [6, 6.07) is 2.92. The second-order valence-corrected chi connectivity index (χ2v) is 8.75. The number of methoxy groups -OCH3 is 1. The molecule has 1 aromatic carbocycles. The van der Waals surface area contributed by atoms with Gasteiger partial charge in [0, 0.05) is 44.5 Å². The lowest BCUT2D eigenvalue weighted by atomic mass is 9.90. The maximum Gasteiger partial charge on any atom is 0.224 e. The number of anilines is 2. The van der Waals surface area contributed by atoms with E-state index in [1.54, 1.807) is 0 Å². The van der Waals surface area contributed by atoms with Crippen molar-refractivity contribution in [2.45, 2.75) is 37.8 Å². The first-order chi connectivity index (χ1) is 15.9. The zero-order valence-electron chi connectivity index (χ0n) is 19.0. The number of aromatic nitrogens is 2. The number of nitrogens with two attached hydrogens (primary N) is 1. The van der Waals surface area contributed by atoms with E-state index >= 15 is 0 Å². The Balaban J connectivity index is 1.40. The summed E-state index contributed by atoms with van der Waals surface area (Å²) in [6.45, 7) is 4.46. The van der Waals surface area contributed by atoms with Crippen LogP contribution < -0.4 is 15.8 Å². The molecule has 178 valence electrons. The van der Waals surface area contributed by atoms with Gasteiger partial charge in [-0.2, -0.15) is 4.98 Å². The van der Waals surface area contributed by atoms with E-state index in [0.29, 0.717) is 12.0 Å². The Kier molecular flexibility index (Phi) is 7.04. The first-order valence-electron chi connectivity index (χ1n) is 11.3. The van der Waals surface area contributed by atoms with E-state index in [1.165, 1.54) is 19.4 Å². The maximum atomic E-state index is 14.3. The lowest BCUT2D eigenvalue weighted by molar-refractivity contribution is 0.0894. The van der Waals surface area contributed by atoms with Gasteiger partial charge in [0.15, 0.2) is 11.6 Å². The predicted octanol–water partition coefficient (Wildman–Crippen LogP) is 2.55. The molecule has 2 heterocycles. The molecule has 0 radical (unpaired) electrons. The smallest absolute Gasteiger partial charge is 0.224 e. The topological polar surface area (TPSA) is 96.6 Å². The molecule has 1 aromatic heterocycles. The molecule has 0 amide bonds. The van der Waals surface area contributed by atoms with Crippen molar-refractivity contribution in [3.63, 3.8) is 0 Å². The number of ether oxygens (including phenoxy) is 1. The number of halogens is 2. The molecule has 0 spiro atoms. The summed E-state index contributed by atoms with van der Waals surface area (Å²) in [5.41, 5.74) is 5.35. The van der Waals surface area contributed by atoms with Crippen LogP contribution in [0.5, 0.6) is 5.75 Å². The number of hydrogen-bond acceptors (Lipinski definition) is 8. The quantitative estimate of drug-likeness (QED) is 0.635. The lowest BCUT2D eigenvalue weighted by Gasteiger charge is -2.41. The molecule has 2 aromatic rings. The van der Waals surface area contributed by atoms with Crippen LogP contribution in [-0.4, -0.2) is 78.0 Å². The summed E-state index contributed by atoms with van der Waals surface area (Å²) < 4.78 is 33.0. The number of carbonyl (C=O) groups excluding carboxylic acids is 1. The SMILES string of the molecule is COc1ccc(F)c(F)c1C(=O)c1cnc(NC2CCC(N3CCN(C)CC3)CC2)nc1N. The van der Waals surface area contributed by atoms with Gasteiger partial charge in [0.05, 0.1) is 12.7 Å². The Morgan fingerprint density at radius 1 is 1.15 bits per heavy atom. The number of rotatable bonds is 6. The Morgan fingerprint density at radius 2 is 1.85 bits per heavy atom. The fraction of sp³-hybridized carbons (Fsp3) is 0.522. The van der Waals surface area contributed by atoms with Crippen LogP contribution in [0.4, 0.5) is 20.5 Å². The molecule has 8 nitrogen and oxygen atoms in total. The molecule has 33 heavy (non-hydrogen) atoms. The number of ketones is 1. The van der Waals surface area contributed by atoms with Crippen LogP contribution in [0.15, 0.2) is 18.3 Å². The second-order valence-electron chi connectivity index (χ2n) is 8.75. The van der Waals surface area contributed by atoms with Crippen LogP contribution in [0.25, 0.3) is 0 Å². The molecule has 1 saturated heterocycles. The average molecular weight is 461 g/mol. The summed E-state index contributed by atoms with van der Waals surface area (Å²) in [7, 11) is 3.43. The third-order valence-corrected chi connectivity index (χ3v) is 6.65. The van der Waals surface area contributed by atoms with Gasteiger partial charge >= 0.3 is 0 Å². The lowest BCUT2D eigenvalue weighted by Crippen LogP contribution is -2.50. The van der Waals surface area contributed by atoms with Gasteiger partial charge in [-0.1, -0.05) is 0 Å². The van der Waals surface area contributed by atoms with E-state index in [4.69, 9.17) is 10.5 Å². The summed E-state index contributed by atoms with van der Waals surface area (Å²) in [5, 5.41) is 3.30. The largest absolute Gasteiger partial charge is 0.496 e. The highest BCUT2D eigenvalue weighted by Gasteiger charge is 2.29. The molecule has 2 aliphatic rings. The highest BCUT2D eigenvalue weighted by atomic mass is 19.2. The van der Waals surface area contributed by atoms with Crippen molar-refractivity contribution in [3.8, 4) is 5.75 Å². The Morgan fingerprint density at radius 3 is 2.48 bits per heavy atom. The van der Waals surface area contributed by atoms with Gasteiger partial charge in [-0.3, -0.25) is 9.69 Å². The van der Waals surface area contributed by atoms with Gasteiger partial charge in [0.1, 0.15) is 17.1 Å². The maximum absolute atomic E-state index is 14.3. The van der Waals surface area contributed by atoms with E-state index in [1.807, 2.05) is 0 Å². The molecule has 2 fully saturated rings. The van der Waals surface area contributed by atoms with Gasteiger partial charge in [-0.25, -0.2) is 13.8 Å². The minimum atomic E-state index is -1.29. The molecular formula is C23H30F2N6O2. The van der Waals surface area contributed by atoms with E-state index in [2.05, 4.69) is 32.1 Å². The highest BCUT2D eigenvalue weighted by Crippen LogP contribution is 2.29. The van der Waals surface area contributed by atoms with E-state index in [0.717, 1.165) is 57.9 Å². The minimum absolute atomic E-state index is 0.0855. The number of piperazine rings is 1. The molecule has 1 aliphatic carbocycles. The number of nitrogens with zero attached hydrogens (tertiary/aromatic N) is 4. The van der Waals surface area contributed by atoms with Gasteiger partial charge in [-0.15, -0.1) is 0 Å². The van der Waals surface area contributed by atoms with Crippen molar-refractivity contribution in [3.05, 3.63) is 41.1 Å². The Labute approximate surface area is 192 Å². The minimum Gasteiger partial charge on any atom is -0.496 e. The molecule has 10 heteroatoms. The summed E-state index contributed by atoms with van der Waals surface area (Å²) in [6.07, 6.45) is 5.43. The molecule has 0 unspecified atom stereocenters. The summed E-state index contributed by atoms with van der Waals surface area (Å²) >= 11 is 0. The molecule has 1 aliphatic heterocycles. The summed E-state index contributed by atoms with van der Waals surface area (Å²) in [5.74, 6) is -3.14. The fourth-order valence-corrected chi connectivity index (χ4v) is 4.64. The third kappa shape index (κ3) is 5.06. The van der Waals surface area contributed by atoms with Crippen molar-refractivity contribution in [2.75, 3.05) is 51.4 Å².